The first-order valence-corrected chi connectivity index (χ1v) is 15.7. The lowest BCUT2D eigenvalue weighted by Crippen LogP contribution is -2.49. The Bertz CT molecular complexity index is 1310. The highest BCUT2D eigenvalue weighted by atomic mass is 35.5. The van der Waals surface area contributed by atoms with E-state index < -0.39 is 40.5 Å². The van der Waals surface area contributed by atoms with Crippen molar-refractivity contribution in [1.82, 2.24) is 15.1 Å². The quantitative estimate of drug-likeness (QED) is 0.345. The number of benzene rings is 2. The highest BCUT2D eigenvalue weighted by molar-refractivity contribution is 7.91. The van der Waals surface area contributed by atoms with E-state index in [2.05, 4.69) is 5.32 Å². The van der Waals surface area contributed by atoms with Crippen LogP contribution in [0.3, 0.4) is 0 Å². The summed E-state index contributed by atoms with van der Waals surface area (Å²) in [7, 11) is 0. The fourth-order valence-electron chi connectivity index (χ4n) is 4.99. The van der Waals surface area contributed by atoms with Crippen molar-refractivity contribution in [1.29, 1.82) is 0 Å². The van der Waals surface area contributed by atoms with Gasteiger partial charge in [-0.2, -0.15) is 13.2 Å². The van der Waals surface area contributed by atoms with Crippen LogP contribution >= 0.6 is 11.6 Å². The van der Waals surface area contributed by atoms with E-state index in [-0.39, 0.29) is 30.1 Å². The molecule has 1 aliphatic heterocycles. The Morgan fingerprint density at radius 1 is 1.10 bits per heavy atom. The summed E-state index contributed by atoms with van der Waals surface area (Å²) in [5.74, 6) is -0.309. The Morgan fingerprint density at radius 2 is 1.76 bits per heavy atom. The molecule has 0 bridgehead atoms. The predicted octanol–water partition coefficient (Wildman–Crippen LogP) is 6.35. The molecule has 1 heterocycles. The van der Waals surface area contributed by atoms with E-state index in [4.69, 9.17) is 16.3 Å². The highest BCUT2D eigenvalue weighted by Crippen LogP contribution is 2.46. The average molecular weight is 628 g/mol. The van der Waals surface area contributed by atoms with Crippen LogP contribution in [0.1, 0.15) is 79.1 Å². The van der Waals surface area contributed by atoms with Crippen LogP contribution in [0.15, 0.2) is 35.2 Å². The molecule has 1 saturated heterocycles. The summed E-state index contributed by atoms with van der Waals surface area (Å²) in [6.07, 6.45) is -3.57. The van der Waals surface area contributed by atoms with Gasteiger partial charge in [0, 0.05) is 55.4 Å². The number of rotatable bonds is 8. The van der Waals surface area contributed by atoms with E-state index in [0.29, 0.717) is 53.0 Å². The Hall–Kier alpha value is -2.47. The van der Waals surface area contributed by atoms with Crippen molar-refractivity contribution >= 4 is 34.8 Å². The monoisotopic (exact) mass is 627 g/mol. The molecule has 2 amide bonds. The van der Waals surface area contributed by atoms with Gasteiger partial charge in [0.2, 0.25) is 0 Å². The van der Waals surface area contributed by atoms with Crippen molar-refractivity contribution in [3.8, 4) is 0 Å². The molecule has 7 nitrogen and oxygen atoms in total. The number of alkyl halides is 3. The molecule has 1 unspecified atom stereocenters. The standard InChI is InChI=1S/C30H37ClF3N3O4S/c1-5-42(40)26-9-8-22(31)14-21(26)17-35-27(38)20-15-23(19-6-7-19)24(25(16-20)30(32,33)34)18-36-10-12-37(13-11-36)28(39)41-29(2,3)4/h8-9,14-16,19H,5-7,10-13,17-18H2,1-4H3,(H,35,38). The van der Waals surface area contributed by atoms with E-state index in [0.717, 1.165) is 18.9 Å². The Kier molecular flexibility index (Phi) is 10.1. The lowest BCUT2D eigenvalue weighted by Gasteiger charge is -2.36. The largest absolute Gasteiger partial charge is 0.611 e. The molecule has 2 aromatic carbocycles. The van der Waals surface area contributed by atoms with Gasteiger partial charge in [-0.05, 0) is 99.1 Å². The van der Waals surface area contributed by atoms with Gasteiger partial charge in [0.25, 0.3) is 5.91 Å². The molecule has 1 N–H and O–H groups in total. The third-order valence-electron chi connectivity index (χ3n) is 7.24. The molecule has 4 rings (SSSR count). The second-order valence-electron chi connectivity index (χ2n) is 11.7. The SMILES string of the molecule is CC[S+]([O-])c1ccc(Cl)cc1CNC(=O)c1cc(C2CC2)c(CN2CCN(C(=O)OC(C)(C)C)CC2)c(C(F)(F)F)c1. The van der Waals surface area contributed by atoms with Gasteiger partial charge in [-0.25, -0.2) is 4.79 Å². The minimum atomic E-state index is -4.66. The number of carbonyl (C=O) groups is 2. The minimum Gasteiger partial charge on any atom is -0.611 e. The van der Waals surface area contributed by atoms with E-state index >= 15 is 0 Å². The smallest absolute Gasteiger partial charge is 0.416 e. The fraction of sp³-hybridized carbons (Fsp3) is 0.533. The number of nitrogens with zero attached hydrogens (tertiary/aromatic N) is 2. The summed E-state index contributed by atoms with van der Waals surface area (Å²) in [5, 5.41) is 3.11. The van der Waals surface area contributed by atoms with Gasteiger partial charge in [0.05, 0.1) is 5.56 Å². The van der Waals surface area contributed by atoms with Crippen LogP contribution < -0.4 is 5.32 Å². The van der Waals surface area contributed by atoms with Gasteiger partial charge in [-0.3, -0.25) is 9.69 Å². The molecule has 1 saturated carbocycles. The van der Waals surface area contributed by atoms with Crippen LogP contribution in [0.25, 0.3) is 0 Å². The van der Waals surface area contributed by atoms with Gasteiger partial charge >= 0.3 is 12.3 Å². The summed E-state index contributed by atoms with van der Waals surface area (Å²) < 4.78 is 61.2. The molecule has 1 aliphatic carbocycles. The molecular formula is C30H37ClF3N3O4S. The lowest BCUT2D eigenvalue weighted by molar-refractivity contribution is -0.138. The molecule has 0 radical (unpaired) electrons. The zero-order valence-corrected chi connectivity index (χ0v) is 25.8. The van der Waals surface area contributed by atoms with Crippen molar-refractivity contribution in [2.24, 2.45) is 0 Å². The van der Waals surface area contributed by atoms with Crippen molar-refractivity contribution in [2.45, 2.75) is 76.2 Å². The Labute approximate surface area is 252 Å². The number of amides is 2. The summed E-state index contributed by atoms with van der Waals surface area (Å²) in [6.45, 7) is 8.68. The van der Waals surface area contributed by atoms with Gasteiger partial charge in [-0.1, -0.05) is 11.6 Å². The third kappa shape index (κ3) is 8.33. The maximum absolute atomic E-state index is 14.4. The molecule has 12 heteroatoms. The predicted molar refractivity (Wildman–Crippen MR) is 156 cm³/mol. The molecule has 42 heavy (non-hydrogen) atoms. The zero-order valence-electron chi connectivity index (χ0n) is 24.3. The topological polar surface area (TPSA) is 84.9 Å². The summed E-state index contributed by atoms with van der Waals surface area (Å²) in [5.41, 5.74) is -0.238. The van der Waals surface area contributed by atoms with Crippen molar-refractivity contribution in [2.75, 3.05) is 31.9 Å². The first kappa shape index (κ1) is 32.4. The van der Waals surface area contributed by atoms with E-state index in [9.17, 15) is 27.3 Å². The van der Waals surface area contributed by atoms with Gasteiger partial charge in [0.1, 0.15) is 11.4 Å². The molecule has 0 spiro atoms. The number of halogens is 4. The van der Waals surface area contributed by atoms with Crippen LogP contribution in [-0.4, -0.2) is 63.9 Å². The van der Waals surface area contributed by atoms with Crippen LogP contribution in [0.2, 0.25) is 5.02 Å². The first-order chi connectivity index (χ1) is 19.7. The van der Waals surface area contributed by atoms with Crippen molar-refractivity contribution in [3.05, 3.63) is 63.2 Å². The van der Waals surface area contributed by atoms with Gasteiger partial charge < -0.3 is 19.5 Å². The number of piperazine rings is 1. The third-order valence-corrected chi connectivity index (χ3v) is 8.89. The number of ether oxygens (including phenoxy) is 1. The number of hydrogen-bond acceptors (Lipinski definition) is 5. The maximum Gasteiger partial charge on any atom is 0.416 e. The highest BCUT2D eigenvalue weighted by Gasteiger charge is 2.39. The summed E-state index contributed by atoms with van der Waals surface area (Å²) in [4.78, 5) is 29.6. The molecular weight excluding hydrogens is 591 g/mol. The van der Waals surface area contributed by atoms with Crippen LogP contribution in [-0.2, 0) is 35.2 Å². The lowest BCUT2D eigenvalue weighted by atomic mass is 9.93. The van der Waals surface area contributed by atoms with E-state index in [1.165, 1.54) is 0 Å². The first-order valence-electron chi connectivity index (χ1n) is 14.1. The second-order valence-corrected chi connectivity index (χ2v) is 13.8. The molecule has 2 aromatic rings. The van der Waals surface area contributed by atoms with Crippen LogP contribution in [0.5, 0.6) is 0 Å². The normalized spacial score (nSPS) is 17.2. The number of nitrogens with one attached hydrogen (secondary N) is 1. The van der Waals surface area contributed by atoms with Crippen molar-refractivity contribution < 1.29 is 32.0 Å². The summed E-state index contributed by atoms with van der Waals surface area (Å²) in [6, 6.07) is 7.36. The molecule has 230 valence electrons. The van der Waals surface area contributed by atoms with Crippen LogP contribution in [0, 0.1) is 0 Å². The Morgan fingerprint density at radius 3 is 2.33 bits per heavy atom. The molecule has 2 fully saturated rings. The van der Waals surface area contributed by atoms with Crippen LogP contribution in [0.4, 0.5) is 18.0 Å². The molecule has 2 aliphatic rings. The number of carbonyl (C=O) groups excluding carboxylic acids is 2. The second kappa shape index (κ2) is 13.0. The Balaban J connectivity index is 1.54. The average Bonchev–Trinajstić information content (AvgIpc) is 3.76. The summed E-state index contributed by atoms with van der Waals surface area (Å²) >= 11 is 4.82. The van der Waals surface area contributed by atoms with Gasteiger partial charge in [-0.15, -0.1) is 0 Å². The molecule has 0 aromatic heterocycles. The fourth-order valence-corrected chi connectivity index (χ4v) is 6.14. The van der Waals surface area contributed by atoms with E-state index in [1.54, 1.807) is 56.9 Å². The zero-order chi connectivity index (χ0) is 30.8. The number of hydrogen-bond donors (Lipinski definition) is 1. The van der Waals surface area contributed by atoms with E-state index in [1.807, 2.05) is 4.90 Å². The minimum absolute atomic E-state index is 0.0236. The van der Waals surface area contributed by atoms with Gasteiger partial charge in [0.15, 0.2) is 4.90 Å². The van der Waals surface area contributed by atoms with Crippen molar-refractivity contribution in [3.63, 3.8) is 0 Å². The maximum atomic E-state index is 14.4. The molecule has 1 atom stereocenters.